The Labute approximate surface area is 88.2 Å². The van der Waals surface area contributed by atoms with Gasteiger partial charge in [-0.25, -0.2) is 8.78 Å². The van der Waals surface area contributed by atoms with Gasteiger partial charge >= 0.3 is 5.82 Å². The lowest BCUT2D eigenvalue weighted by Gasteiger charge is -2.04. The minimum Gasteiger partial charge on any atom is -0.489 e. The average Bonchev–Trinajstić information content (AvgIpc) is 2.26. The Morgan fingerprint density at radius 3 is 2.69 bits per heavy atom. The summed E-state index contributed by atoms with van der Waals surface area (Å²) in [4.78, 5) is 12.8. The fraction of sp³-hybridized carbons (Fsp3) is 0.250. The highest BCUT2D eigenvalue weighted by molar-refractivity contribution is 5.48. The number of nitrogens with zero attached hydrogens (tertiary/aromatic N) is 3. The standard InChI is InChI=1S/C8H5F2N3O3/c1-16-6-2-4(7(9)10)5(3-11)12-8(6)13(14)15/h2,7H,1H3. The SMILES string of the molecule is COc1cc(C(F)F)c(C#N)nc1[N+](=O)[O-]. The fourth-order valence-corrected chi connectivity index (χ4v) is 1.04. The number of alkyl halides is 2. The van der Waals surface area contributed by atoms with Crippen molar-refractivity contribution in [2.75, 3.05) is 7.11 Å². The number of nitro groups is 1. The van der Waals surface area contributed by atoms with Crippen LogP contribution in [0.25, 0.3) is 0 Å². The Kier molecular flexibility index (Phi) is 3.30. The zero-order chi connectivity index (χ0) is 12.3. The first-order valence-corrected chi connectivity index (χ1v) is 3.92. The molecule has 0 aromatic carbocycles. The predicted molar refractivity (Wildman–Crippen MR) is 47.1 cm³/mol. The number of aromatic nitrogens is 1. The van der Waals surface area contributed by atoms with Gasteiger partial charge in [-0.2, -0.15) is 5.26 Å². The topological polar surface area (TPSA) is 89.0 Å². The van der Waals surface area contributed by atoms with Crippen LogP contribution in [0.1, 0.15) is 17.7 Å². The molecular formula is C8H5F2N3O3. The van der Waals surface area contributed by atoms with Gasteiger partial charge in [-0.05, 0) is 9.91 Å². The summed E-state index contributed by atoms with van der Waals surface area (Å²) in [5, 5.41) is 19.0. The molecule has 0 amide bonds. The van der Waals surface area contributed by atoms with Crippen LogP contribution in [-0.4, -0.2) is 17.0 Å². The number of hydrogen-bond donors (Lipinski definition) is 0. The van der Waals surface area contributed by atoms with E-state index >= 15 is 0 Å². The molecule has 0 N–H and O–H groups in total. The van der Waals surface area contributed by atoms with E-state index < -0.39 is 34.2 Å². The van der Waals surface area contributed by atoms with Crippen LogP contribution in [0.3, 0.4) is 0 Å². The van der Waals surface area contributed by atoms with Gasteiger partial charge in [0, 0.05) is 6.07 Å². The minimum atomic E-state index is -2.95. The van der Waals surface area contributed by atoms with Crippen LogP contribution in [0.2, 0.25) is 0 Å². The summed E-state index contributed by atoms with van der Waals surface area (Å²) in [6.07, 6.45) is -2.95. The second-order valence-electron chi connectivity index (χ2n) is 2.62. The van der Waals surface area contributed by atoms with Crippen LogP contribution < -0.4 is 4.74 Å². The van der Waals surface area contributed by atoms with Gasteiger partial charge < -0.3 is 14.9 Å². The third-order valence-electron chi connectivity index (χ3n) is 1.73. The van der Waals surface area contributed by atoms with Gasteiger partial charge in [0.2, 0.25) is 5.75 Å². The van der Waals surface area contributed by atoms with Crippen molar-refractivity contribution in [2.45, 2.75) is 6.43 Å². The van der Waals surface area contributed by atoms with Crippen LogP contribution in [0.4, 0.5) is 14.6 Å². The lowest BCUT2D eigenvalue weighted by molar-refractivity contribution is -0.390. The highest BCUT2D eigenvalue weighted by atomic mass is 19.3. The van der Waals surface area contributed by atoms with Crippen LogP contribution in [-0.2, 0) is 0 Å². The number of rotatable bonds is 3. The number of methoxy groups -OCH3 is 1. The molecule has 0 aliphatic heterocycles. The van der Waals surface area contributed by atoms with E-state index in [1.807, 2.05) is 0 Å². The molecular weight excluding hydrogens is 224 g/mol. The molecule has 1 rings (SSSR count). The van der Waals surface area contributed by atoms with Gasteiger partial charge in [-0.3, -0.25) is 0 Å². The van der Waals surface area contributed by atoms with Crippen molar-refractivity contribution in [1.82, 2.24) is 4.98 Å². The molecule has 0 atom stereocenters. The first-order valence-electron chi connectivity index (χ1n) is 3.92. The number of pyridine rings is 1. The molecule has 0 aliphatic rings. The number of hydrogen-bond acceptors (Lipinski definition) is 5. The zero-order valence-corrected chi connectivity index (χ0v) is 7.98. The lowest BCUT2D eigenvalue weighted by Crippen LogP contribution is -2.02. The highest BCUT2D eigenvalue weighted by Gasteiger charge is 2.26. The Morgan fingerprint density at radius 2 is 2.31 bits per heavy atom. The third-order valence-corrected chi connectivity index (χ3v) is 1.73. The Hall–Kier alpha value is -2.30. The maximum absolute atomic E-state index is 12.4. The van der Waals surface area contributed by atoms with Crippen LogP contribution in [0.15, 0.2) is 6.07 Å². The molecule has 16 heavy (non-hydrogen) atoms. The maximum Gasteiger partial charge on any atom is 0.407 e. The summed E-state index contributed by atoms with van der Waals surface area (Å²) in [6, 6.07) is 2.12. The van der Waals surface area contributed by atoms with E-state index in [0.29, 0.717) is 0 Å². The van der Waals surface area contributed by atoms with Gasteiger partial charge in [0.25, 0.3) is 12.1 Å². The first-order chi connectivity index (χ1) is 7.51. The number of halogens is 2. The van der Waals surface area contributed by atoms with Gasteiger partial charge in [0.1, 0.15) is 6.07 Å². The Bertz CT molecular complexity index is 470. The van der Waals surface area contributed by atoms with E-state index in [1.54, 1.807) is 0 Å². The monoisotopic (exact) mass is 229 g/mol. The van der Waals surface area contributed by atoms with Crippen molar-refractivity contribution in [3.05, 3.63) is 27.4 Å². The molecule has 0 unspecified atom stereocenters. The van der Waals surface area contributed by atoms with Crippen molar-refractivity contribution in [3.8, 4) is 11.8 Å². The predicted octanol–water partition coefficient (Wildman–Crippen LogP) is 1.81. The molecule has 84 valence electrons. The first kappa shape index (κ1) is 11.8. The van der Waals surface area contributed by atoms with Gasteiger partial charge in [-0.15, -0.1) is 0 Å². The fourth-order valence-electron chi connectivity index (χ4n) is 1.04. The average molecular weight is 229 g/mol. The van der Waals surface area contributed by atoms with E-state index in [9.17, 15) is 18.9 Å². The van der Waals surface area contributed by atoms with Crippen molar-refractivity contribution < 1.29 is 18.4 Å². The lowest BCUT2D eigenvalue weighted by atomic mass is 10.2. The molecule has 1 aromatic heterocycles. The maximum atomic E-state index is 12.4. The molecule has 0 aliphatic carbocycles. The quantitative estimate of drug-likeness (QED) is 0.582. The van der Waals surface area contributed by atoms with Crippen molar-refractivity contribution in [3.63, 3.8) is 0 Å². The number of nitriles is 1. The zero-order valence-electron chi connectivity index (χ0n) is 7.98. The van der Waals surface area contributed by atoms with Gasteiger partial charge in [-0.1, -0.05) is 0 Å². The summed E-state index contributed by atoms with van der Waals surface area (Å²) in [6.45, 7) is 0. The molecule has 6 nitrogen and oxygen atoms in total. The van der Waals surface area contributed by atoms with Gasteiger partial charge in [0.15, 0.2) is 0 Å². The van der Waals surface area contributed by atoms with E-state index in [-0.39, 0.29) is 0 Å². The van der Waals surface area contributed by atoms with E-state index in [0.717, 1.165) is 13.2 Å². The Balaban J connectivity index is 3.48. The van der Waals surface area contributed by atoms with E-state index in [1.165, 1.54) is 6.07 Å². The van der Waals surface area contributed by atoms with Crippen molar-refractivity contribution in [2.24, 2.45) is 0 Å². The molecule has 0 saturated carbocycles. The smallest absolute Gasteiger partial charge is 0.407 e. The normalized spacial score (nSPS) is 9.94. The van der Waals surface area contributed by atoms with E-state index in [4.69, 9.17) is 5.26 Å². The van der Waals surface area contributed by atoms with E-state index in [2.05, 4.69) is 9.72 Å². The molecule has 1 aromatic rings. The molecule has 0 saturated heterocycles. The van der Waals surface area contributed by atoms with Gasteiger partial charge in [0.05, 0.1) is 12.7 Å². The second kappa shape index (κ2) is 4.48. The van der Waals surface area contributed by atoms with Crippen molar-refractivity contribution in [1.29, 1.82) is 5.26 Å². The van der Waals surface area contributed by atoms with Crippen LogP contribution in [0, 0.1) is 21.4 Å². The number of ether oxygens (including phenoxy) is 1. The molecule has 8 heteroatoms. The molecule has 0 bridgehead atoms. The summed E-state index contributed by atoms with van der Waals surface area (Å²) in [5.74, 6) is -1.16. The third kappa shape index (κ3) is 2.03. The molecule has 1 heterocycles. The summed E-state index contributed by atoms with van der Waals surface area (Å²) in [7, 11) is 1.09. The molecule has 0 fully saturated rings. The van der Waals surface area contributed by atoms with Crippen LogP contribution in [0.5, 0.6) is 5.75 Å². The molecule has 0 radical (unpaired) electrons. The van der Waals surface area contributed by atoms with Crippen LogP contribution >= 0.6 is 0 Å². The highest BCUT2D eigenvalue weighted by Crippen LogP contribution is 2.31. The summed E-state index contributed by atoms with van der Waals surface area (Å²) < 4.78 is 29.4. The largest absolute Gasteiger partial charge is 0.489 e. The Morgan fingerprint density at radius 1 is 1.69 bits per heavy atom. The van der Waals surface area contributed by atoms with Crippen molar-refractivity contribution >= 4 is 5.82 Å². The molecule has 0 spiro atoms. The summed E-state index contributed by atoms with van der Waals surface area (Å²) >= 11 is 0. The minimum absolute atomic E-state index is 0.403. The second-order valence-corrected chi connectivity index (χ2v) is 2.62. The summed E-state index contributed by atoms with van der Waals surface area (Å²) in [5.41, 5.74) is -1.37.